The highest BCUT2D eigenvalue weighted by Crippen LogP contribution is 2.43. The van der Waals surface area contributed by atoms with E-state index in [4.69, 9.17) is 34.2 Å². The first-order chi connectivity index (χ1) is 42.7. The first kappa shape index (κ1) is 66.8. The second-order valence-electron chi connectivity index (χ2n) is 24.2. The molecule has 26 heteroatoms. The van der Waals surface area contributed by atoms with Gasteiger partial charge < -0.3 is 70.3 Å². The number of hydrogen-bond acceptors (Lipinski definition) is 18. The van der Waals surface area contributed by atoms with Crippen molar-refractivity contribution in [2.75, 3.05) is 70.4 Å². The third-order valence-electron chi connectivity index (χ3n) is 16.1. The number of methoxy groups -OCH3 is 2. The van der Waals surface area contributed by atoms with Crippen LogP contribution in [0.15, 0.2) is 90.0 Å². The molecule has 0 bridgehead atoms. The van der Waals surface area contributed by atoms with Crippen molar-refractivity contribution in [3.05, 3.63) is 102 Å². The van der Waals surface area contributed by atoms with Crippen molar-refractivity contribution in [1.29, 1.82) is 0 Å². The summed E-state index contributed by atoms with van der Waals surface area (Å²) >= 11 is 0. The monoisotopic (exact) mass is 1240 g/mol. The molecule has 0 spiro atoms. The molecule has 5 heterocycles. The van der Waals surface area contributed by atoms with E-state index < -0.39 is 82.9 Å². The summed E-state index contributed by atoms with van der Waals surface area (Å²) in [7, 11) is 2.89. The van der Waals surface area contributed by atoms with Crippen LogP contribution in [0.3, 0.4) is 0 Å². The van der Waals surface area contributed by atoms with Gasteiger partial charge in [-0.15, -0.1) is 0 Å². The van der Waals surface area contributed by atoms with E-state index in [2.05, 4.69) is 39.4 Å². The van der Waals surface area contributed by atoms with E-state index in [1.807, 2.05) is 13.8 Å². The van der Waals surface area contributed by atoms with E-state index in [0.29, 0.717) is 59.7 Å². The summed E-state index contributed by atoms with van der Waals surface area (Å²) in [5, 5.41) is 22.6. The van der Waals surface area contributed by atoms with Crippen LogP contribution >= 0.6 is 0 Å². The minimum Gasteiger partial charge on any atom is -0.493 e. The van der Waals surface area contributed by atoms with Crippen LogP contribution in [0, 0.1) is 11.3 Å². The number of benzene rings is 3. The molecule has 0 aliphatic carbocycles. The summed E-state index contributed by atoms with van der Waals surface area (Å²) in [6.45, 7) is 19.6. The van der Waals surface area contributed by atoms with Crippen LogP contribution in [-0.2, 0) is 44.8 Å². The number of carbonyl (C=O) groups is 9. The molecule has 26 nitrogen and oxygen atoms in total. The van der Waals surface area contributed by atoms with Gasteiger partial charge in [0.1, 0.15) is 12.6 Å². The smallest absolute Gasteiger partial charge is 0.416 e. The molecule has 2 saturated heterocycles. The van der Waals surface area contributed by atoms with Gasteiger partial charge in [-0.3, -0.25) is 48.2 Å². The van der Waals surface area contributed by atoms with Gasteiger partial charge in [0.15, 0.2) is 35.4 Å². The highest BCUT2D eigenvalue weighted by atomic mass is 16.6. The SMILES string of the molecule is C=C1C[C@H]2C=Nc3cc(OCCCOc4cc5c(cc4OC)C(=O)N4CC(=C)C[C@H]4[C@H](O)N5C(=O)OCc4ccc(NC(=O)[C@H](N)NC(=O)[C@@H](NC(=O)C(C)(C)CCOC(C)(C)CCNC(=O)CCN5C(=O)C=CC5=O)C(C)C)cc4)c(OC)cc3C(=O)N2C1. The Bertz CT molecular complexity index is 3360. The molecule has 3 aromatic rings. The van der Waals surface area contributed by atoms with E-state index in [0.717, 1.165) is 27.5 Å². The van der Waals surface area contributed by atoms with Crippen molar-refractivity contribution >= 4 is 76.6 Å². The van der Waals surface area contributed by atoms with Crippen LogP contribution in [0.4, 0.5) is 21.9 Å². The van der Waals surface area contributed by atoms with E-state index in [9.17, 15) is 48.3 Å². The molecule has 0 unspecified atom stereocenters. The predicted octanol–water partition coefficient (Wildman–Crippen LogP) is 4.80. The molecule has 5 atom stereocenters. The molecule has 5 aliphatic heterocycles. The fourth-order valence-corrected chi connectivity index (χ4v) is 10.7. The fourth-order valence-electron chi connectivity index (χ4n) is 10.7. The van der Waals surface area contributed by atoms with Crippen molar-refractivity contribution in [3.8, 4) is 23.0 Å². The number of imide groups is 1. The third kappa shape index (κ3) is 15.8. The first-order valence-electron chi connectivity index (χ1n) is 29.7. The maximum absolute atomic E-state index is 14.3. The zero-order valence-corrected chi connectivity index (χ0v) is 52.0. The zero-order chi connectivity index (χ0) is 65.4. The quantitative estimate of drug-likeness (QED) is 0.0258. The Kier molecular flexibility index (Phi) is 21.2. The third-order valence-corrected chi connectivity index (χ3v) is 16.1. The van der Waals surface area contributed by atoms with Crippen LogP contribution in [0.25, 0.3) is 0 Å². The second kappa shape index (κ2) is 28.6. The van der Waals surface area contributed by atoms with E-state index >= 15 is 0 Å². The van der Waals surface area contributed by atoms with Crippen LogP contribution in [0.5, 0.6) is 23.0 Å². The highest BCUT2D eigenvalue weighted by molar-refractivity contribution is 6.13. The molecule has 2 fully saturated rings. The van der Waals surface area contributed by atoms with Crippen molar-refractivity contribution < 1.29 is 76.7 Å². The summed E-state index contributed by atoms with van der Waals surface area (Å²) in [5.74, 6) is -3.11. The molecule has 7 N–H and O–H groups in total. The van der Waals surface area contributed by atoms with Crippen LogP contribution in [0.1, 0.15) is 106 Å². The van der Waals surface area contributed by atoms with Crippen molar-refractivity contribution in [2.24, 2.45) is 22.1 Å². The number of ether oxygens (including phenoxy) is 6. The number of rotatable bonds is 27. The molecule has 9 amide bonds. The van der Waals surface area contributed by atoms with Gasteiger partial charge in [-0.1, -0.05) is 64.1 Å². The molecule has 0 saturated carbocycles. The zero-order valence-electron chi connectivity index (χ0n) is 52.0. The van der Waals surface area contributed by atoms with E-state index in [1.54, 1.807) is 63.1 Å². The van der Waals surface area contributed by atoms with Crippen molar-refractivity contribution in [2.45, 2.75) is 123 Å². The van der Waals surface area contributed by atoms with Gasteiger partial charge in [-0.05, 0) is 75.3 Å². The Balaban J connectivity index is 0.818. The summed E-state index contributed by atoms with van der Waals surface area (Å²) in [6, 6.07) is 10.3. The predicted molar refractivity (Wildman–Crippen MR) is 330 cm³/mol. The minimum absolute atomic E-state index is 0.0117. The summed E-state index contributed by atoms with van der Waals surface area (Å²) in [4.78, 5) is 128. The number of hydrogen-bond donors (Lipinski definition) is 6. The number of amides is 9. The lowest BCUT2D eigenvalue weighted by Gasteiger charge is -2.31. The van der Waals surface area contributed by atoms with Gasteiger partial charge in [0.25, 0.3) is 29.5 Å². The molecular weight excluding hydrogens is 1160 g/mol. The number of fused-ring (bicyclic) bond motifs is 4. The molecule has 3 aromatic carbocycles. The Labute approximate surface area is 522 Å². The van der Waals surface area contributed by atoms with E-state index in [-0.39, 0.29) is 112 Å². The highest BCUT2D eigenvalue weighted by Gasteiger charge is 2.47. The first-order valence-corrected chi connectivity index (χ1v) is 29.7. The molecular formula is C64H80N10O16. The normalized spacial score (nSPS) is 18.5. The largest absolute Gasteiger partial charge is 0.493 e. The Hall–Kier alpha value is -9.14. The Morgan fingerprint density at radius 2 is 1.40 bits per heavy atom. The van der Waals surface area contributed by atoms with Crippen molar-refractivity contribution in [3.63, 3.8) is 0 Å². The Morgan fingerprint density at radius 1 is 0.778 bits per heavy atom. The van der Waals surface area contributed by atoms with Gasteiger partial charge in [0.2, 0.25) is 17.7 Å². The van der Waals surface area contributed by atoms with Gasteiger partial charge >= 0.3 is 6.09 Å². The second-order valence-corrected chi connectivity index (χ2v) is 24.2. The lowest BCUT2D eigenvalue weighted by Crippen LogP contribution is -2.58. The molecule has 90 heavy (non-hydrogen) atoms. The maximum Gasteiger partial charge on any atom is 0.416 e. The summed E-state index contributed by atoms with van der Waals surface area (Å²) < 4.78 is 35.5. The summed E-state index contributed by atoms with van der Waals surface area (Å²) in [5.41, 5.74) is 7.78. The molecule has 8 rings (SSSR count). The molecule has 0 radical (unpaired) electrons. The van der Waals surface area contributed by atoms with E-state index in [1.165, 1.54) is 43.4 Å². The average molecular weight is 1250 g/mol. The van der Waals surface area contributed by atoms with Gasteiger partial charge in [0, 0.05) is 87.2 Å². The Morgan fingerprint density at radius 3 is 2.06 bits per heavy atom. The van der Waals surface area contributed by atoms with Crippen LogP contribution in [-0.4, -0.2) is 176 Å². The van der Waals surface area contributed by atoms with Gasteiger partial charge in [0.05, 0.1) is 67.6 Å². The van der Waals surface area contributed by atoms with Gasteiger partial charge in [-0.2, -0.15) is 0 Å². The number of nitrogens with one attached hydrogen (secondary N) is 4. The standard InChI is InChI=1S/C64H80N10O16/c1-36(2)54(69-61(83)63(5,6)20-25-90-64(7,8)19-21-66-51(75)18-22-71-52(76)16-17-53(71)77)56(78)70-55(65)57(79)68-40-14-12-39(13-15-40)35-89-62(84)74-45-31-50(48(86-10)29-43(45)59(81)73-34-38(4)27-46(73)60(74)82)88-24-11-23-87-49-30-44-42(28-47(49)85-9)58(80)72-33-37(3)26-41(72)32-67-44/h12-17,28-32,36,41,46,54-55,60,82H,3-4,11,18-27,33-35,65H2,1-2,5-10H3,(H,66,75)(H,68,79)(H,69,83)(H,70,78)/t41-,46-,54-,55+,60-/m0/s1. The molecule has 5 aliphatic rings. The molecule has 0 aromatic heterocycles. The lowest BCUT2D eigenvalue weighted by atomic mass is 9.87. The van der Waals surface area contributed by atoms with Gasteiger partial charge in [-0.25, -0.2) is 9.69 Å². The topological polar surface area (TPSA) is 329 Å². The number of aliphatic hydroxyl groups excluding tert-OH is 1. The number of aliphatic hydroxyl groups is 1. The van der Waals surface area contributed by atoms with Crippen LogP contribution < -0.4 is 50.8 Å². The van der Waals surface area contributed by atoms with Crippen LogP contribution in [0.2, 0.25) is 0 Å². The average Bonchev–Trinajstić information content (AvgIpc) is 1.59. The number of nitrogens with two attached hydrogens (primary N) is 1. The summed E-state index contributed by atoms with van der Waals surface area (Å²) in [6.07, 6.45) is 1.84. The molecule has 482 valence electrons. The number of aliphatic imine (C=N–C) groups is 1. The lowest BCUT2D eigenvalue weighted by molar-refractivity contribution is -0.137. The van der Waals surface area contributed by atoms with Crippen molar-refractivity contribution in [1.82, 2.24) is 30.7 Å². The minimum atomic E-state index is -1.57. The maximum atomic E-state index is 14.3. The number of nitrogens with zero attached hydrogens (tertiary/aromatic N) is 5. The number of carbonyl (C=O) groups excluding carboxylic acids is 9. The fraction of sp³-hybridized carbons (Fsp3) is 0.469. The number of anilines is 2.